The Labute approximate surface area is 125 Å². The zero-order valence-corrected chi connectivity index (χ0v) is 13.0. The zero-order chi connectivity index (χ0) is 15.4. The number of ether oxygens (including phenoxy) is 1. The molecule has 1 aliphatic carbocycles. The molecule has 2 rings (SSSR count). The summed E-state index contributed by atoms with van der Waals surface area (Å²) in [6.07, 6.45) is 3.74. The number of nitro groups is 1. The van der Waals surface area contributed by atoms with Gasteiger partial charge in [0.25, 0.3) is 0 Å². The van der Waals surface area contributed by atoms with E-state index in [4.69, 9.17) is 4.74 Å². The molecule has 0 radical (unpaired) electrons. The molecule has 0 amide bonds. The van der Waals surface area contributed by atoms with Gasteiger partial charge < -0.3 is 10.1 Å². The van der Waals surface area contributed by atoms with Gasteiger partial charge in [-0.05, 0) is 29.9 Å². The van der Waals surface area contributed by atoms with Gasteiger partial charge in [-0.2, -0.15) is 0 Å². The van der Waals surface area contributed by atoms with Crippen molar-refractivity contribution in [1.29, 1.82) is 0 Å². The predicted molar refractivity (Wildman–Crippen MR) is 82.5 cm³/mol. The Hall–Kier alpha value is -1.62. The molecule has 1 fully saturated rings. The molecule has 1 saturated carbocycles. The van der Waals surface area contributed by atoms with Crippen molar-refractivity contribution in [2.75, 3.05) is 7.11 Å². The van der Waals surface area contributed by atoms with Crippen LogP contribution >= 0.6 is 0 Å². The normalized spacial score (nSPS) is 25.6. The fraction of sp³-hybridized carbons (Fsp3) is 0.625. The quantitative estimate of drug-likeness (QED) is 0.666. The van der Waals surface area contributed by atoms with E-state index in [1.54, 1.807) is 12.1 Å². The third kappa shape index (κ3) is 3.73. The van der Waals surface area contributed by atoms with E-state index in [9.17, 15) is 10.1 Å². The molecule has 0 heterocycles. The Morgan fingerprint density at radius 1 is 1.38 bits per heavy atom. The van der Waals surface area contributed by atoms with Crippen molar-refractivity contribution in [3.63, 3.8) is 0 Å². The van der Waals surface area contributed by atoms with E-state index in [1.807, 2.05) is 6.07 Å². The Morgan fingerprint density at radius 2 is 2.14 bits per heavy atom. The minimum absolute atomic E-state index is 0.0295. The topological polar surface area (TPSA) is 64.4 Å². The predicted octanol–water partition coefficient (Wildman–Crippen LogP) is 3.52. The lowest BCUT2D eigenvalue weighted by Gasteiger charge is -2.34. The Bertz CT molecular complexity index is 504. The molecule has 0 spiro atoms. The van der Waals surface area contributed by atoms with Gasteiger partial charge in [-0.3, -0.25) is 10.1 Å². The van der Waals surface area contributed by atoms with Crippen molar-refractivity contribution in [3.05, 3.63) is 33.9 Å². The average molecular weight is 292 g/mol. The van der Waals surface area contributed by atoms with Crippen molar-refractivity contribution in [3.8, 4) is 5.75 Å². The number of nitrogens with zero attached hydrogens (tertiary/aromatic N) is 1. The van der Waals surface area contributed by atoms with Crippen LogP contribution in [0.3, 0.4) is 0 Å². The van der Waals surface area contributed by atoms with Gasteiger partial charge in [0, 0.05) is 18.7 Å². The lowest BCUT2D eigenvalue weighted by Crippen LogP contribution is -2.40. The van der Waals surface area contributed by atoms with Crippen LogP contribution in [-0.4, -0.2) is 18.1 Å². The largest absolute Gasteiger partial charge is 0.490 e. The molecule has 5 heteroatoms. The van der Waals surface area contributed by atoms with Gasteiger partial charge in [-0.1, -0.05) is 32.8 Å². The van der Waals surface area contributed by atoms with E-state index in [1.165, 1.54) is 26.4 Å². The van der Waals surface area contributed by atoms with Crippen LogP contribution in [0.25, 0.3) is 0 Å². The van der Waals surface area contributed by atoms with Gasteiger partial charge in [-0.25, -0.2) is 0 Å². The van der Waals surface area contributed by atoms with Crippen LogP contribution in [-0.2, 0) is 6.54 Å². The molecule has 0 aromatic heterocycles. The number of nitrogens with one attached hydrogen (secondary N) is 1. The summed E-state index contributed by atoms with van der Waals surface area (Å²) in [6.45, 7) is 5.25. The van der Waals surface area contributed by atoms with Gasteiger partial charge in [0.05, 0.1) is 12.0 Å². The maximum absolute atomic E-state index is 11.0. The highest BCUT2D eigenvalue weighted by Crippen LogP contribution is 2.30. The Balaban J connectivity index is 2.03. The van der Waals surface area contributed by atoms with Crippen molar-refractivity contribution < 1.29 is 9.66 Å². The zero-order valence-electron chi connectivity index (χ0n) is 13.0. The highest BCUT2D eigenvalue weighted by Gasteiger charge is 2.26. The second-order valence-electron chi connectivity index (χ2n) is 6.02. The van der Waals surface area contributed by atoms with E-state index >= 15 is 0 Å². The second kappa shape index (κ2) is 6.89. The van der Waals surface area contributed by atoms with E-state index in [0.29, 0.717) is 24.3 Å². The van der Waals surface area contributed by atoms with Crippen LogP contribution in [0.15, 0.2) is 18.2 Å². The Morgan fingerprint density at radius 3 is 2.81 bits per heavy atom. The number of methoxy groups -OCH3 is 1. The highest BCUT2D eigenvalue weighted by atomic mass is 16.6. The summed E-state index contributed by atoms with van der Waals surface area (Å²) in [5, 5.41) is 14.6. The molecule has 5 nitrogen and oxygen atoms in total. The van der Waals surface area contributed by atoms with Gasteiger partial charge in [0.1, 0.15) is 0 Å². The monoisotopic (exact) mass is 292 g/mol. The van der Waals surface area contributed by atoms with Crippen LogP contribution in [0, 0.1) is 22.0 Å². The number of rotatable bonds is 5. The summed E-state index contributed by atoms with van der Waals surface area (Å²) in [5.74, 6) is 1.69. The van der Waals surface area contributed by atoms with Crippen LogP contribution in [0.4, 0.5) is 5.69 Å². The molecule has 0 saturated heterocycles. The molecular weight excluding hydrogens is 268 g/mol. The smallest absolute Gasteiger partial charge is 0.311 e. The lowest BCUT2D eigenvalue weighted by molar-refractivity contribution is -0.385. The first kappa shape index (κ1) is 15.8. The van der Waals surface area contributed by atoms with Crippen LogP contribution < -0.4 is 10.1 Å². The van der Waals surface area contributed by atoms with E-state index < -0.39 is 4.92 Å². The maximum atomic E-state index is 11.0. The molecule has 0 aliphatic heterocycles. The second-order valence-corrected chi connectivity index (χ2v) is 6.02. The molecule has 0 bridgehead atoms. The summed E-state index contributed by atoms with van der Waals surface area (Å²) >= 11 is 0. The third-order valence-corrected chi connectivity index (χ3v) is 4.72. The first-order valence-corrected chi connectivity index (χ1v) is 7.57. The van der Waals surface area contributed by atoms with Crippen LogP contribution in [0.2, 0.25) is 0 Å². The van der Waals surface area contributed by atoms with Crippen molar-refractivity contribution in [2.24, 2.45) is 11.8 Å². The average Bonchev–Trinajstić information content (AvgIpc) is 2.48. The molecular formula is C16H24N2O3. The number of hydrogen-bond donors (Lipinski definition) is 1. The summed E-state index contributed by atoms with van der Waals surface area (Å²) < 4.78 is 5.03. The first-order chi connectivity index (χ1) is 10.0. The molecule has 116 valence electrons. The fourth-order valence-electron chi connectivity index (χ4n) is 3.11. The molecule has 21 heavy (non-hydrogen) atoms. The van der Waals surface area contributed by atoms with Crippen LogP contribution in [0.1, 0.15) is 38.7 Å². The number of hydrogen-bond acceptors (Lipinski definition) is 4. The molecule has 3 atom stereocenters. The third-order valence-electron chi connectivity index (χ3n) is 4.72. The van der Waals surface area contributed by atoms with Gasteiger partial charge in [-0.15, -0.1) is 0 Å². The van der Waals surface area contributed by atoms with E-state index in [0.717, 1.165) is 11.5 Å². The fourth-order valence-corrected chi connectivity index (χ4v) is 3.11. The maximum Gasteiger partial charge on any atom is 0.311 e. The van der Waals surface area contributed by atoms with Gasteiger partial charge in [0.2, 0.25) is 0 Å². The summed E-state index contributed by atoms with van der Waals surface area (Å²) in [4.78, 5) is 10.6. The van der Waals surface area contributed by atoms with E-state index in [-0.39, 0.29) is 5.69 Å². The number of benzene rings is 1. The number of nitro benzene ring substituents is 1. The minimum atomic E-state index is -0.395. The Kier molecular flexibility index (Phi) is 5.17. The van der Waals surface area contributed by atoms with Crippen molar-refractivity contribution in [1.82, 2.24) is 5.32 Å². The minimum Gasteiger partial charge on any atom is -0.490 e. The van der Waals surface area contributed by atoms with Crippen molar-refractivity contribution in [2.45, 2.75) is 45.7 Å². The SMILES string of the molecule is COc1ccc(CNC2CCCC(C)C2C)cc1[N+](=O)[O-]. The standard InChI is InChI=1S/C16H24N2O3/c1-11-5-4-6-14(12(11)2)17-10-13-7-8-16(21-3)15(9-13)18(19)20/h7-9,11-12,14,17H,4-6,10H2,1-3H3. The highest BCUT2D eigenvalue weighted by molar-refractivity contribution is 5.48. The van der Waals surface area contributed by atoms with Crippen molar-refractivity contribution >= 4 is 5.69 Å². The summed E-state index contributed by atoms with van der Waals surface area (Å²) in [7, 11) is 1.45. The molecule has 1 aromatic carbocycles. The summed E-state index contributed by atoms with van der Waals surface area (Å²) in [6, 6.07) is 5.65. The molecule has 3 unspecified atom stereocenters. The molecule has 1 aromatic rings. The first-order valence-electron chi connectivity index (χ1n) is 7.57. The van der Waals surface area contributed by atoms with Crippen LogP contribution in [0.5, 0.6) is 5.75 Å². The van der Waals surface area contributed by atoms with Gasteiger partial charge >= 0.3 is 5.69 Å². The van der Waals surface area contributed by atoms with E-state index in [2.05, 4.69) is 19.2 Å². The molecule has 1 N–H and O–H groups in total. The van der Waals surface area contributed by atoms with Gasteiger partial charge in [0.15, 0.2) is 5.75 Å². The summed E-state index contributed by atoms with van der Waals surface area (Å²) in [5.41, 5.74) is 0.954. The molecule has 1 aliphatic rings. The lowest BCUT2D eigenvalue weighted by atomic mass is 9.78.